The van der Waals surface area contributed by atoms with Gasteiger partial charge < -0.3 is 10.2 Å². The molecule has 1 heterocycles. The van der Waals surface area contributed by atoms with Crippen LogP contribution in [-0.4, -0.2) is 28.9 Å². The molecule has 0 unspecified atom stereocenters. The summed E-state index contributed by atoms with van der Waals surface area (Å²) < 4.78 is 40.6. The lowest BCUT2D eigenvalue weighted by Gasteiger charge is -2.18. The van der Waals surface area contributed by atoms with Crippen molar-refractivity contribution in [3.05, 3.63) is 69.4 Å². The highest BCUT2D eigenvalue weighted by Crippen LogP contribution is 2.36. The van der Waals surface area contributed by atoms with Crippen LogP contribution in [0.15, 0.2) is 42.6 Å². The maximum absolute atomic E-state index is 13.5. The fraction of sp³-hybridized carbons (Fsp3) is 0.250. The van der Waals surface area contributed by atoms with Gasteiger partial charge in [0.25, 0.3) is 5.69 Å². The van der Waals surface area contributed by atoms with Crippen molar-refractivity contribution in [1.82, 2.24) is 9.88 Å². The van der Waals surface area contributed by atoms with E-state index in [9.17, 15) is 23.3 Å². The molecule has 9 heteroatoms. The van der Waals surface area contributed by atoms with Gasteiger partial charge in [-0.05, 0) is 50.8 Å². The number of aromatic nitrogens is 1. The van der Waals surface area contributed by atoms with Crippen molar-refractivity contribution in [2.45, 2.75) is 19.6 Å². The zero-order chi connectivity index (χ0) is 21.3. The van der Waals surface area contributed by atoms with Crippen LogP contribution >= 0.6 is 0 Å². The molecule has 0 aliphatic rings. The summed E-state index contributed by atoms with van der Waals surface area (Å²) in [5.74, 6) is 0.249. The number of hydrogen-bond acceptors (Lipinski definition) is 5. The fourth-order valence-electron chi connectivity index (χ4n) is 3.22. The van der Waals surface area contributed by atoms with E-state index in [1.54, 1.807) is 38.1 Å². The van der Waals surface area contributed by atoms with Gasteiger partial charge in [-0.2, -0.15) is 13.2 Å². The fourth-order valence-corrected chi connectivity index (χ4v) is 3.22. The normalized spacial score (nSPS) is 11.8. The monoisotopic (exact) mass is 404 g/mol. The molecule has 0 atom stereocenters. The first-order valence-electron chi connectivity index (χ1n) is 8.72. The highest BCUT2D eigenvalue weighted by molar-refractivity contribution is 5.99. The predicted octanol–water partition coefficient (Wildman–Crippen LogP) is 5.28. The van der Waals surface area contributed by atoms with E-state index in [2.05, 4.69) is 10.3 Å². The summed E-state index contributed by atoms with van der Waals surface area (Å²) in [7, 11) is 3.39. The lowest BCUT2D eigenvalue weighted by molar-refractivity contribution is -0.383. The number of pyridine rings is 1. The minimum Gasteiger partial charge on any atom is -0.340 e. The Labute approximate surface area is 165 Å². The van der Waals surface area contributed by atoms with Gasteiger partial charge in [-0.3, -0.25) is 10.1 Å². The van der Waals surface area contributed by atoms with Gasteiger partial charge in [-0.15, -0.1) is 0 Å². The maximum atomic E-state index is 13.5. The van der Waals surface area contributed by atoms with Gasteiger partial charge in [0.2, 0.25) is 0 Å². The van der Waals surface area contributed by atoms with Crippen LogP contribution in [0.25, 0.3) is 10.8 Å². The third kappa shape index (κ3) is 4.29. The van der Waals surface area contributed by atoms with E-state index in [4.69, 9.17) is 0 Å². The second kappa shape index (κ2) is 7.67. The van der Waals surface area contributed by atoms with Crippen LogP contribution in [0.1, 0.15) is 16.7 Å². The molecular weight excluding hydrogens is 385 g/mol. The molecule has 0 fully saturated rings. The smallest absolute Gasteiger partial charge is 0.340 e. The number of nitro groups is 1. The predicted molar refractivity (Wildman–Crippen MR) is 105 cm³/mol. The van der Waals surface area contributed by atoms with Gasteiger partial charge >= 0.3 is 6.18 Å². The van der Waals surface area contributed by atoms with Gasteiger partial charge in [0.1, 0.15) is 5.82 Å². The summed E-state index contributed by atoms with van der Waals surface area (Å²) in [6.45, 7) is 1.78. The summed E-state index contributed by atoms with van der Waals surface area (Å²) in [5, 5.41) is 15.1. The van der Waals surface area contributed by atoms with Crippen LogP contribution in [0, 0.1) is 17.0 Å². The van der Waals surface area contributed by atoms with Crippen LogP contribution in [0.4, 0.5) is 30.4 Å². The molecule has 0 saturated carbocycles. The Bertz CT molecular complexity index is 1080. The van der Waals surface area contributed by atoms with E-state index < -0.39 is 16.7 Å². The van der Waals surface area contributed by atoms with E-state index in [0.717, 1.165) is 6.07 Å². The van der Waals surface area contributed by atoms with Crippen LogP contribution in [0.2, 0.25) is 0 Å². The van der Waals surface area contributed by atoms with Crippen molar-refractivity contribution < 1.29 is 18.1 Å². The minimum absolute atomic E-state index is 0.0507. The molecule has 0 aliphatic carbocycles. The third-order valence-corrected chi connectivity index (χ3v) is 4.47. The number of aryl methyl sites for hydroxylation is 1. The van der Waals surface area contributed by atoms with E-state index >= 15 is 0 Å². The van der Waals surface area contributed by atoms with Gasteiger partial charge in [0, 0.05) is 29.4 Å². The van der Waals surface area contributed by atoms with Gasteiger partial charge in [0.05, 0.1) is 15.9 Å². The molecule has 0 spiro atoms. The average Bonchev–Trinajstić information content (AvgIpc) is 2.61. The summed E-state index contributed by atoms with van der Waals surface area (Å²) >= 11 is 0. The van der Waals surface area contributed by atoms with Crippen molar-refractivity contribution in [2.75, 3.05) is 19.4 Å². The lowest BCUT2D eigenvalue weighted by Crippen LogP contribution is -2.16. The number of nitrogens with zero attached hydrogens (tertiary/aromatic N) is 3. The van der Waals surface area contributed by atoms with E-state index in [-0.39, 0.29) is 29.3 Å². The van der Waals surface area contributed by atoms with Gasteiger partial charge in [-0.1, -0.05) is 12.1 Å². The average molecular weight is 404 g/mol. The van der Waals surface area contributed by atoms with Crippen LogP contribution in [0.3, 0.4) is 0 Å². The number of rotatable bonds is 5. The number of fused-ring (bicyclic) bond motifs is 1. The Kier molecular flexibility index (Phi) is 5.43. The summed E-state index contributed by atoms with van der Waals surface area (Å²) in [4.78, 5) is 16.8. The molecule has 0 radical (unpaired) electrons. The first-order chi connectivity index (χ1) is 13.6. The zero-order valence-electron chi connectivity index (χ0n) is 16.0. The molecular formula is C20H19F3N4O2. The van der Waals surface area contributed by atoms with Crippen molar-refractivity contribution in [3.63, 3.8) is 0 Å². The summed E-state index contributed by atoms with van der Waals surface area (Å²) in [5.41, 5.74) is 0.0591. The number of halogens is 3. The van der Waals surface area contributed by atoms with Crippen molar-refractivity contribution >= 4 is 28.0 Å². The second-order valence-corrected chi connectivity index (χ2v) is 6.98. The van der Waals surface area contributed by atoms with E-state index in [1.165, 1.54) is 24.4 Å². The first-order valence-corrected chi connectivity index (χ1v) is 8.72. The number of anilines is 2. The molecule has 6 nitrogen and oxygen atoms in total. The molecule has 29 heavy (non-hydrogen) atoms. The van der Waals surface area contributed by atoms with E-state index in [1.807, 2.05) is 0 Å². The Morgan fingerprint density at radius 1 is 1.14 bits per heavy atom. The van der Waals surface area contributed by atoms with Crippen molar-refractivity contribution in [3.8, 4) is 0 Å². The lowest BCUT2D eigenvalue weighted by atomic mass is 10.0. The van der Waals surface area contributed by atoms with Gasteiger partial charge in [-0.25, -0.2) is 4.98 Å². The molecule has 0 amide bonds. The van der Waals surface area contributed by atoms with Crippen molar-refractivity contribution in [1.29, 1.82) is 0 Å². The van der Waals surface area contributed by atoms with Gasteiger partial charge in [0.15, 0.2) is 0 Å². The Morgan fingerprint density at radius 2 is 1.86 bits per heavy atom. The number of alkyl halides is 3. The highest BCUT2D eigenvalue weighted by atomic mass is 19.4. The molecule has 1 aromatic heterocycles. The number of nitro benzene ring substituents is 1. The van der Waals surface area contributed by atoms with Crippen LogP contribution < -0.4 is 5.32 Å². The molecule has 0 saturated heterocycles. The summed E-state index contributed by atoms with van der Waals surface area (Å²) in [6.07, 6.45) is -3.12. The minimum atomic E-state index is -4.51. The highest BCUT2D eigenvalue weighted by Gasteiger charge is 2.33. The SMILES string of the molecule is Cc1ccc2c(Nc3ccc(CN(C)C)c(C(F)(F)F)c3)nccc2c1[N+](=O)[O-]. The quantitative estimate of drug-likeness (QED) is 0.463. The number of benzene rings is 2. The van der Waals surface area contributed by atoms with Crippen molar-refractivity contribution in [2.24, 2.45) is 0 Å². The Morgan fingerprint density at radius 3 is 2.48 bits per heavy atom. The second-order valence-electron chi connectivity index (χ2n) is 6.98. The zero-order valence-corrected chi connectivity index (χ0v) is 16.0. The van der Waals surface area contributed by atoms with Crippen LogP contribution in [-0.2, 0) is 12.7 Å². The molecule has 2 aromatic carbocycles. The summed E-state index contributed by atoms with van der Waals surface area (Å²) in [6, 6.07) is 8.77. The topological polar surface area (TPSA) is 71.3 Å². The Hall–Kier alpha value is -3.20. The first kappa shape index (κ1) is 20.5. The molecule has 1 N–H and O–H groups in total. The number of nitrogens with one attached hydrogen (secondary N) is 1. The molecule has 3 rings (SSSR count). The molecule has 0 bridgehead atoms. The molecule has 0 aliphatic heterocycles. The van der Waals surface area contributed by atoms with E-state index in [0.29, 0.717) is 16.3 Å². The standard InChI is InChI=1S/C20H19F3N4O2/c1-12-4-7-16-15(18(12)27(28)29)8-9-24-19(16)25-14-6-5-13(11-26(2)3)17(10-14)20(21,22)23/h4-10H,11H2,1-3H3,(H,24,25). The Balaban J connectivity index is 2.08. The maximum Gasteiger partial charge on any atom is 0.416 e. The third-order valence-electron chi connectivity index (χ3n) is 4.47. The largest absolute Gasteiger partial charge is 0.416 e. The molecule has 152 valence electrons. The van der Waals surface area contributed by atoms with Crippen LogP contribution in [0.5, 0.6) is 0 Å². The molecule has 3 aromatic rings. The number of hydrogen-bond donors (Lipinski definition) is 1.